The maximum atomic E-state index is 13.1. The minimum Gasteiger partial charge on any atom is -0.506 e. The lowest BCUT2D eigenvalue weighted by Gasteiger charge is -2.15. The molecule has 0 atom stereocenters. The predicted molar refractivity (Wildman–Crippen MR) is 116 cm³/mol. The molecule has 0 aliphatic rings. The number of aryl methyl sites for hydroxylation is 1. The van der Waals surface area contributed by atoms with Crippen molar-refractivity contribution in [2.24, 2.45) is 0 Å². The van der Waals surface area contributed by atoms with Crippen LogP contribution in [0.25, 0.3) is 10.9 Å². The molecule has 3 aromatic rings. The van der Waals surface area contributed by atoms with Crippen LogP contribution in [-0.2, 0) is 6.54 Å². The summed E-state index contributed by atoms with van der Waals surface area (Å²) in [6.07, 6.45) is 4.06. The number of amides is 1. The summed E-state index contributed by atoms with van der Waals surface area (Å²) in [6.45, 7) is 2.64. The maximum absolute atomic E-state index is 13.1. The number of carbonyl (C=O) groups is 1. The molecule has 1 aromatic heterocycles. The standard InChI is InChI=1S/C22H23BrN2O3/c1-2-3-4-7-14-25-18-9-6-5-8-17(18)20(26)19(22(25)28)21(27)24-16-12-10-15(23)11-13-16/h5-6,8-13,26H,2-4,7,14H2,1H3,(H,24,27). The van der Waals surface area contributed by atoms with Crippen LogP contribution in [0.4, 0.5) is 5.69 Å². The Kier molecular flexibility index (Phi) is 6.52. The van der Waals surface area contributed by atoms with E-state index in [1.807, 2.05) is 6.07 Å². The monoisotopic (exact) mass is 442 g/mol. The number of hydrogen-bond donors (Lipinski definition) is 2. The number of fused-ring (bicyclic) bond motifs is 1. The van der Waals surface area contributed by atoms with Crippen LogP contribution in [0.1, 0.15) is 43.0 Å². The van der Waals surface area contributed by atoms with E-state index in [9.17, 15) is 14.7 Å². The third-order valence-electron chi connectivity index (χ3n) is 4.71. The molecule has 2 N–H and O–H groups in total. The first kappa shape index (κ1) is 20.1. The smallest absolute Gasteiger partial charge is 0.267 e. The summed E-state index contributed by atoms with van der Waals surface area (Å²) in [5.74, 6) is -0.891. The number of halogens is 1. The summed E-state index contributed by atoms with van der Waals surface area (Å²) in [4.78, 5) is 25.9. The van der Waals surface area contributed by atoms with Crippen molar-refractivity contribution in [3.8, 4) is 5.75 Å². The van der Waals surface area contributed by atoms with E-state index in [4.69, 9.17) is 0 Å². The Hall–Kier alpha value is -2.60. The van der Waals surface area contributed by atoms with Gasteiger partial charge < -0.3 is 15.0 Å². The van der Waals surface area contributed by atoms with Gasteiger partial charge in [-0.15, -0.1) is 0 Å². The van der Waals surface area contributed by atoms with Crippen LogP contribution < -0.4 is 10.9 Å². The Morgan fingerprint density at radius 2 is 1.79 bits per heavy atom. The summed E-state index contributed by atoms with van der Waals surface area (Å²) in [5, 5.41) is 13.9. The van der Waals surface area contributed by atoms with Gasteiger partial charge in [0.1, 0.15) is 11.3 Å². The summed E-state index contributed by atoms with van der Waals surface area (Å²) >= 11 is 3.35. The minimum absolute atomic E-state index is 0.225. The van der Waals surface area contributed by atoms with Crippen LogP contribution in [-0.4, -0.2) is 15.6 Å². The van der Waals surface area contributed by atoms with Crippen LogP contribution in [0.5, 0.6) is 5.75 Å². The van der Waals surface area contributed by atoms with Crippen LogP contribution in [0.2, 0.25) is 0 Å². The Morgan fingerprint density at radius 1 is 1.07 bits per heavy atom. The molecule has 0 unspecified atom stereocenters. The fourth-order valence-electron chi connectivity index (χ4n) is 3.24. The molecule has 0 spiro atoms. The fourth-order valence-corrected chi connectivity index (χ4v) is 3.50. The Bertz CT molecular complexity index is 1040. The Morgan fingerprint density at radius 3 is 2.50 bits per heavy atom. The number of carbonyl (C=O) groups excluding carboxylic acids is 1. The zero-order chi connectivity index (χ0) is 20.1. The summed E-state index contributed by atoms with van der Waals surface area (Å²) in [6, 6.07) is 14.2. The van der Waals surface area contributed by atoms with E-state index in [1.165, 1.54) is 0 Å². The van der Waals surface area contributed by atoms with Crippen molar-refractivity contribution >= 4 is 38.4 Å². The lowest BCUT2D eigenvalue weighted by atomic mass is 10.1. The van der Waals surface area contributed by atoms with Gasteiger partial charge in [0.2, 0.25) is 0 Å². The van der Waals surface area contributed by atoms with Gasteiger partial charge in [-0.1, -0.05) is 54.2 Å². The molecule has 0 saturated heterocycles. The average molecular weight is 443 g/mol. The van der Waals surface area contributed by atoms with Crippen molar-refractivity contribution in [1.29, 1.82) is 0 Å². The molecule has 0 aliphatic heterocycles. The maximum Gasteiger partial charge on any atom is 0.267 e. The van der Waals surface area contributed by atoms with Gasteiger partial charge in [-0.3, -0.25) is 9.59 Å². The number of aromatic nitrogens is 1. The third-order valence-corrected chi connectivity index (χ3v) is 5.24. The molecule has 0 aliphatic carbocycles. The zero-order valence-corrected chi connectivity index (χ0v) is 17.3. The van der Waals surface area contributed by atoms with Gasteiger partial charge in [0, 0.05) is 22.1 Å². The number of benzene rings is 2. The number of unbranched alkanes of at least 4 members (excludes halogenated alkanes) is 3. The predicted octanol–water partition coefficient (Wildman–Crippen LogP) is 5.30. The molecule has 1 heterocycles. The van der Waals surface area contributed by atoms with Gasteiger partial charge in [-0.25, -0.2) is 0 Å². The normalized spacial score (nSPS) is 10.9. The van der Waals surface area contributed by atoms with E-state index in [-0.39, 0.29) is 11.3 Å². The molecule has 0 fully saturated rings. The number of nitrogens with one attached hydrogen (secondary N) is 1. The summed E-state index contributed by atoms with van der Waals surface area (Å²) in [5.41, 5.74) is 0.496. The molecule has 0 radical (unpaired) electrons. The van der Waals surface area contributed by atoms with Crippen molar-refractivity contribution < 1.29 is 9.90 Å². The minimum atomic E-state index is -0.613. The van der Waals surface area contributed by atoms with Gasteiger partial charge in [-0.2, -0.15) is 0 Å². The van der Waals surface area contributed by atoms with E-state index in [0.29, 0.717) is 23.1 Å². The van der Waals surface area contributed by atoms with Crippen LogP contribution in [0, 0.1) is 0 Å². The molecular weight excluding hydrogens is 420 g/mol. The summed E-state index contributed by atoms with van der Waals surface area (Å²) < 4.78 is 2.48. The number of rotatable bonds is 7. The van der Waals surface area contributed by atoms with E-state index < -0.39 is 11.5 Å². The first-order valence-corrected chi connectivity index (χ1v) is 10.2. The highest BCUT2D eigenvalue weighted by Crippen LogP contribution is 2.27. The molecule has 28 heavy (non-hydrogen) atoms. The van der Waals surface area contributed by atoms with Gasteiger partial charge in [0.25, 0.3) is 11.5 Å². The number of pyridine rings is 1. The molecule has 1 amide bonds. The highest BCUT2D eigenvalue weighted by atomic mass is 79.9. The molecule has 5 nitrogen and oxygen atoms in total. The topological polar surface area (TPSA) is 71.3 Å². The Balaban J connectivity index is 2.02. The zero-order valence-electron chi connectivity index (χ0n) is 15.7. The first-order valence-electron chi connectivity index (χ1n) is 9.44. The van der Waals surface area contributed by atoms with Gasteiger partial charge in [-0.05, 0) is 42.8 Å². The average Bonchev–Trinajstić information content (AvgIpc) is 2.69. The highest BCUT2D eigenvalue weighted by molar-refractivity contribution is 9.10. The molecule has 0 bridgehead atoms. The van der Waals surface area contributed by atoms with E-state index in [0.717, 1.165) is 30.2 Å². The van der Waals surface area contributed by atoms with Crippen molar-refractivity contribution in [2.45, 2.75) is 39.2 Å². The van der Waals surface area contributed by atoms with Crippen molar-refractivity contribution in [2.75, 3.05) is 5.32 Å². The first-order chi connectivity index (χ1) is 13.5. The lowest BCUT2D eigenvalue weighted by molar-refractivity contribution is 0.102. The Labute approximate surface area is 172 Å². The number of para-hydroxylation sites is 1. The van der Waals surface area contributed by atoms with Gasteiger partial charge >= 0.3 is 0 Å². The largest absolute Gasteiger partial charge is 0.506 e. The van der Waals surface area contributed by atoms with Crippen molar-refractivity contribution in [1.82, 2.24) is 4.57 Å². The van der Waals surface area contributed by atoms with Crippen LogP contribution in [0.15, 0.2) is 57.8 Å². The second kappa shape index (κ2) is 9.06. The number of aromatic hydroxyl groups is 1. The second-order valence-corrected chi connectivity index (χ2v) is 7.63. The molecular formula is C22H23BrN2O3. The lowest BCUT2D eigenvalue weighted by Crippen LogP contribution is -2.30. The van der Waals surface area contributed by atoms with Gasteiger partial charge in [0.05, 0.1) is 5.52 Å². The molecule has 3 rings (SSSR count). The third kappa shape index (κ3) is 4.28. The molecule has 6 heteroatoms. The van der Waals surface area contributed by atoms with Crippen molar-refractivity contribution in [3.05, 3.63) is 68.9 Å². The van der Waals surface area contributed by atoms with E-state index in [1.54, 1.807) is 47.0 Å². The van der Waals surface area contributed by atoms with Gasteiger partial charge in [0.15, 0.2) is 0 Å². The quantitative estimate of drug-likeness (QED) is 0.487. The van der Waals surface area contributed by atoms with E-state index >= 15 is 0 Å². The number of nitrogens with zero attached hydrogens (tertiary/aromatic N) is 1. The summed E-state index contributed by atoms with van der Waals surface area (Å²) in [7, 11) is 0. The van der Waals surface area contributed by atoms with Crippen LogP contribution >= 0.6 is 15.9 Å². The van der Waals surface area contributed by atoms with E-state index in [2.05, 4.69) is 28.2 Å². The fraction of sp³-hybridized carbons (Fsp3) is 0.273. The SMILES string of the molecule is CCCCCCn1c(=O)c(C(=O)Nc2ccc(Br)cc2)c(O)c2ccccc21. The van der Waals surface area contributed by atoms with Crippen LogP contribution in [0.3, 0.4) is 0 Å². The number of anilines is 1. The molecule has 146 valence electrons. The highest BCUT2D eigenvalue weighted by Gasteiger charge is 2.22. The second-order valence-electron chi connectivity index (χ2n) is 6.72. The number of hydrogen-bond acceptors (Lipinski definition) is 3. The van der Waals surface area contributed by atoms with Crippen molar-refractivity contribution in [3.63, 3.8) is 0 Å². The molecule has 0 saturated carbocycles. The molecule has 2 aromatic carbocycles.